The van der Waals surface area contributed by atoms with Gasteiger partial charge in [-0.1, -0.05) is 0 Å². The van der Waals surface area contributed by atoms with Crippen molar-refractivity contribution in [2.24, 2.45) is 0 Å². The van der Waals surface area contributed by atoms with E-state index in [0.29, 0.717) is 29.3 Å². The molecule has 7 nitrogen and oxygen atoms in total. The Hall–Kier alpha value is -1.95. The van der Waals surface area contributed by atoms with Crippen molar-refractivity contribution >= 4 is 39.0 Å². The summed E-state index contributed by atoms with van der Waals surface area (Å²) in [6, 6.07) is 3.53. The van der Waals surface area contributed by atoms with E-state index in [4.69, 9.17) is 9.15 Å². The lowest BCUT2D eigenvalue weighted by Crippen LogP contribution is -2.44. The molecule has 3 heterocycles. The van der Waals surface area contributed by atoms with Crippen LogP contribution in [0.5, 0.6) is 0 Å². The summed E-state index contributed by atoms with van der Waals surface area (Å²) in [5.74, 6) is 0.905. The van der Waals surface area contributed by atoms with Crippen LogP contribution in [0.25, 0.3) is 11.0 Å². The van der Waals surface area contributed by atoms with Gasteiger partial charge in [0, 0.05) is 42.1 Å². The molecule has 29 heavy (non-hydrogen) atoms. The first-order valence-corrected chi connectivity index (χ1v) is 10.9. The number of carbonyl (C=O) groups is 1. The number of likely N-dealkylation sites (N-methyl/N-ethyl adjacent to an activating group) is 1. The van der Waals surface area contributed by atoms with Gasteiger partial charge in [0.25, 0.3) is 0 Å². The molecule has 2 aromatic rings. The van der Waals surface area contributed by atoms with Crippen molar-refractivity contribution in [3.05, 3.63) is 22.0 Å². The molecule has 2 fully saturated rings. The molecule has 4 rings (SSSR count). The van der Waals surface area contributed by atoms with Gasteiger partial charge in [0.2, 0.25) is 5.76 Å². The summed E-state index contributed by atoms with van der Waals surface area (Å²) in [6.07, 6.45) is 8.12. The number of carbonyl (C=O) groups excluding carboxylic acids is 1. The van der Waals surface area contributed by atoms with Gasteiger partial charge in [0.15, 0.2) is 5.58 Å². The Morgan fingerprint density at radius 2 is 2.14 bits per heavy atom. The molecule has 1 aliphatic carbocycles. The third kappa shape index (κ3) is 4.04. The minimum Gasteiger partial charge on any atom is -0.444 e. The second kappa shape index (κ2) is 8.82. The highest BCUT2D eigenvalue weighted by Crippen LogP contribution is 2.37. The molecule has 2 aliphatic rings. The molecule has 154 valence electrons. The molecule has 1 saturated heterocycles. The Labute approximate surface area is 178 Å². The lowest BCUT2D eigenvalue weighted by Gasteiger charge is -2.37. The van der Waals surface area contributed by atoms with Gasteiger partial charge in [0.05, 0.1) is 17.3 Å². The molecule has 1 saturated carbocycles. The van der Waals surface area contributed by atoms with Crippen LogP contribution in [0.3, 0.4) is 0 Å². The Morgan fingerprint density at radius 1 is 1.34 bits per heavy atom. The Bertz CT molecular complexity index is 924. The van der Waals surface area contributed by atoms with Crippen molar-refractivity contribution in [2.75, 3.05) is 25.6 Å². The second-order valence-corrected chi connectivity index (χ2v) is 8.68. The van der Waals surface area contributed by atoms with E-state index in [1.807, 2.05) is 6.07 Å². The zero-order valence-corrected chi connectivity index (χ0v) is 18.1. The van der Waals surface area contributed by atoms with Crippen molar-refractivity contribution < 1.29 is 13.9 Å². The van der Waals surface area contributed by atoms with E-state index in [-0.39, 0.29) is 12.2 Å². The fourth-order valence-electron chi connectivity index (χ4n) is 4.55. The molecule has 0 aromatic carbocycles. The Morgan fingerprint density at radius 3 is 2.79 bits per heavy atom. The van der Waals surface area contributed by atoms with Crippen LogP contribution in [0.15, 0.2) is 15.1 Å². The molecule has 1 aliphatic heterocycles. The average Bonchev–Trinajstić information content (AvgIpc) is 3.39. The smallest absolute Gasteiger partial charge is 0.208 e. The quantitative estimate of drug-likeness (QED) is 0.657. The van der Waals surface area contributed by atoms with E-state index in [1.165, 1.54) is 0 Å². The van der Waals surface area contributed by atoms with Crippen molar-refractivity contribution in [2.45, 2.75) is 56.7 Å². The number of rotatable bonds is 6. The fraction of sp³-hybridized carbons (Fsp3) is 0.571. The number of pyridine rings is 1. The number of anilines is 1. The molecule has 0 unspecified atom stereocenters. The number of ether oxygens (including phenoxy) is 1. The van der Waals surface area contributed by atoms with Crippen LogP contribution in [-0.2, 0) is 16.0 Å². The van der Waals surface area contributed by atoms with Crippen LogP contribution in [0.2, 0.25) is 0 Å². The predicted molar refractivity (Wildman–Crippen MR) is 113 cm³/mol. The van der Waals surface area contributed by atoms with Gasteiger partial charge < -0.3 is 19.3 Å². The first-order valence-electron chi connectivity index (χ1n) is 10.1. The predicted octanol–water partition coefficient (Wildman–Crippen LogP) is 3.65. The van der Waals surface area contributed by atoms with Gasteiger partial charge in [-0.2, -0.15) is 5.26 Å². The van der Waals surface area contributed by atoms with Gasteiger partial charge in [-0.3, -0.25) is 4.90 Å². The number of nitriles is 1. The van der Waals surface area contributed by atoms with Gasteiger partial charge in [-0.05, 0) is 55.1 Å². The van der Waals surface area contributed by atoms with Gasteiger partial charge >= 0.3 is 0 Å². The maximum Gasteiger partial charge on any atom is 0.208 e. The Balaban J connectivity index is 1.46. The minimum absolute atomic E-state index is 0.139. The highest BCUT2D eigenvalue weighted by Gasteiger charge is 2.30. The molecule has 1 N–H and O–H groups in total. The van der Waals surface area contributed by atoms with Crippen LogP contribution in [0.4, 0.5) is 5.82 Å². The summed E-state index contributed by atoms with van der Waals surface area (Å²) in [5, 5.41) is 13.6. The van der Waals surface area contributed by atoms with Gasteiger partial charge in [0.1, 0.15) is 18.2 Å². The summed E-state index contributed by atoms with van der Waals surface area (Å²) in [6.45, 7) is 1.73. The largest absolute Gasteiger partial charge is 0.444 e. The zero-order chi connectivity index (χ0) is 20.4. The van der Waals surface area contributed by atoms with Crippen molar-refractivity contribution in [3.63, 3.8) is 0 Å². The number of hydrogen-bond donors (Lipinski definition) is 1. The summed E-state index contributed by atoms with van der Waals surface area (Å²) in [5.41, 5.74) is 1.12. The first-order chi connectivity index (χ1) is 14.1. The monoisotopic (exact) mass is 460 g/mol. The molecule has 0 amide bonds. The number of aromatic nitrogens is 1. The van der Waals surface area contributed by atoms with E-state index in [2.05, 4.69) is 38.2 Å². The second-order valence-electron chi connectivity index (χ2n) is 7.89. The molecule has 0 spiro atoms. The molecule has 8 heteroatoms. The molecule has 2 aromatic heterocycles. The van der Waals surface area contributed by atoms with E-state index in [9.17, 15) is 10.1 Å². The number of furan rings is 1. The lowest BCUT2D eigenvalue weighted by atomic mass is 9.89. The van der Waals surface area contributed by atoms with E-state index in [1.54, 1.807) is 6.20 Å². The van der Waals surface area contributed by atoms with Gasteiger partial charge in [-0.15, -0.1) is 0 Å². The highest BCUT2D eigenvalue weighted by atomic mass is 79.9. The summed E-state index contributed by atoms with van der Waals surface area (Å²) >= 11 is 3.62. The van der Waals surface area contributed by atoms with E-state index in [0.717, 1.165) is 67.3 Å². The Kier molecular flexibility index (Phi) is 6.18. The average molecular weight is 461 g/mol. The lowest BCUT2D eigenvalue weighted by molar-refractivity contribution is -0.107. The van der Waals surface area contributed by atoms with Crippen LogP contribution >= 0.6 is 15.9 Å². The summed E-state index contributed by atoms with van der Waals surface area (Å²) in [4.78, 5) is 18.1. The number of aldehydes is 1. The van der Waals surface area contributed by atoms with Crippen molar-refractivity contribution in [1.29, 1.82) is 5.26 Å². The van der Waals surface area contributed by atoms with Crippen LogP contribution in [0, 0.1) is 11.3 Å². The van der Waals surface area contributed by atoms with Gasteiger partial charge in [-0.25, -0.2) is 4.98 Å². The van der Waals surface area contributed by atoms with Crippen molar-refractivity contribution in [3.8, 4) is 6.07 Å². The molecular weight excluding hydrogens is 436 g/mol. The molecular formula is C21H25BrN4O3. The minimum atomic E-state index is 0.139. The molecule has 0 radical (unpaired) electrons. The zero-order valence-electron chi connectivity index (χ0n) is 16.5. The standard InChI is InChI=1S/C21H25BrN4O3/c1-26(15-7-9-28-12-15)14-4-2-13(3-5-14)25-21-20(22)19-16(6-8-27)17(10-23)29-18(19)11-24-21/h8,11,13-15H,2-7,9,12H2,1H3,(H,24,25)/t13?,14?,15-/m0/s1. The maximum atomic E-state index is 11.1. The van der Waals surface area contributed by atoms with E-state index >= 15 is 0 Å². The normalized spacial score (nSPS) is 24.7. The van der Waals surface area contributed by atoms with Crippen molar-refractivity contribution in [1.82, 2.24) is 9.88 Å². The summed E-state index contributed by atoms with van der Waals surface area (Å²) < 4.78 is 11.8. The third-order valence-corrected chi connectivity index (χ3v) is 7.03. The van der Waals surface area contributed by atoms with E-state index < -0.39 is 0 Å². The molecule has 0 bridgehead atoms. The topological polar surface area (TPSA) is 91.4 Å². The number of fused-ring (bicyclic) bond motifs is 1. The SMILES string of the molecule is CN(C1CCC(Nc2ncc3oc(C#N)c(CC=O)c3c2Br)CC1)[C@H]1CCOC1. The third-order valence-electron chi connectivity index (χ3n) is 6.26. The number of hydrogen-bond acceptors (Lipinski definition) is 7. The number of nitrogens with zero attached hydrogens (tertiary/aromatic N) is 3. The fourth-order valence-corrected chi connectivity index (χ4v) is 5.20. The number of nitrogens with one attached hydrogen (secondary N) is 1. The number of halogens is 1. The highest BCUT2D eigenvalue weighted by molar-refractivity contribution is 9.10. The van der Waals surface area contributed by atoms with Crippen LogP contribution in [-0.4, -0.2) is 54.6 Å². The first kappa shape index (κ1) is 20.3. The van der Waals surface area contributed by atoms with Crippen LogP contribution < -0.4 is 5.32 Å². The summed E-state index contributed by atoms with van der Waals surface area (Å²) in [7, 11) is 2.23. The van der Waals surface area contributed by atoms with Crippen LogP contribution in [0.1, 0.15) is 43.4 Å². The molecule has 1 atom stereocenters. The maximum absolute atomic E-state index is 11.1.